The van der Waals surface area contributed by atoms with E-state index in [9.17, 15) is 0 Å². The molecule has 0 unspecified atom stereocenters. The molecule has 0 bridgehead atoms. The van der Waals surface area contributed by atoms with E-state index in [0.29, 0.717) is 5.41 Å². The molecule has 2 aromatic heterocycles. The lowest BCUT2D eigenvalue weighted by Crippen LogP contribution is -2.39. The zero-order chi connectivity index (χ0) is 10.3. The molecule has 2 heterocycles. The van der Waals surface area contributed by atoms with Crippen LogP contribution in [0.3, 0.4) is 0 Å². The van der Waals surface area contributed by atoms with Gasteiger partial charge in [0.2, 0.25) is 0 Å². The first kappa shape index (κ1) is 9.36. The maximum absolute atomic E-state index is 5.85. The number of aromatic nitrogens is 2. The number of fused-ring (bicyclic) bond motifs is 1. The second kappa shape index (κ2) is 3.32. The number of rotatable bonds is 3. The third kappa shape index (κ3) is 1.48. The summed E-state index contributed by atoms with van der Waals surface area (Å²) in [5.41, 5.74) is 7.42. The second-order valence-electron chi connectivity index (χ2n) is 4.56. The monoisotopic (exact) mass is 221 g/mol. The molecule has 3 nitrogen and oxygen atoms in total. The van der Waals surface area contributed by atoms with Crippen molar-refractivity contribution < 1.29 is 0 Å². The van der Waals surface area contributed by atoms with E-state index in [2.05, 4.69) is 27.2 Å². The molecule has 0 atom stereocenters. The Labute approximate surface area is 92.9 Å². The van der Waals surface area contributed by atoms with Gasteiger partial charge in [0.25, 0.3) is 0 Å². The maximum Gasteiger partial charge on any atom is 0.193 e. The van der Waals surface area contributed by atoms with Crippen LogP contribution in [-0.4, -0.2) is 15.9 Å². The molecular formula is C11H15N3S. The number of hydrogen-bond acceptors (Lipinski definition) is 3. The molecule has 3 rings (SSSR count). The number of nitrogens with two attached hydrogens (primary N) is 1. The highest BCUT2D eigenvalue weighted by Crippen LogP contribution is 2.42. The van der Waals surface area contributed by atoms with Gasteiger partial charge in [0, 0.05) is 17.8 Å². The second-order valence-corrected chi connectivity index (χ2v) is 5.43. The van der Waals surface area contributed by atoms with Crippen molar-refractivity contribution in [3.8, 4) is 0 Å². The van der Waals surface area contributed by atoms with Crippen LogP contribution in [0, 0.1) is 5.41 Å². The molecule has 0 saturated heterocycles. The zero-order valence-corrected chi connectivity index (χ0v) is 9.46. The maximum atomic E-state index is 5.85. The van der Waals surface area contributed by atoms with Gasteiger partial charge in [-0.15, -0.1) is 11.3 Å². The van der Waals surface area contributed by atoms with E-state index in [1.807, 2.05) is 0 Å². The summed E-state index contributed by atoms with van der Waals surface area (Å²) in [4.78, 5) is 5.71. The standard InChI is InChI=1S/C11H15N3S/c12-8-11(2-1-3-11)6-9-7-14-4-5-15-10(14)13-9/h4-5,7H,1-3,6,8,12H2. The molecule has 2 aromatic rings. The fourth-order valence-electron chi connectivity index (χ4n) is 2.38. The normalized spacial score (nSPS) is 19.3. The van der Waals surface area contributed by atoms with Crippen molar-refractivity contribution in [3.05, 3.63) is 23.5 Å². The SMILES string of the molecule is NCC1(Cc2cn3ccsc3n2)CCC1. The Bertz CT molecular complexity index is 433. The third-order valence-electron chi connectivity index (χ3n) is 3.55. The molecule has 2 N–H and O–H groups in total. The molecular weight excluding hydrogens is 206 g/mol. The topological polar surface area (TPSA) is 43.3 Å². The summed E-state index contributed by atoms with van der Waals surface area (Å²) < 4.78 is 2.10. The van der Waals surface area contributed by atoms with Gasteiger partial charge in [-0.3, -0.25) is 4.40 Å². The summed E-state index contributed by atoms with van der Waals surface area (Å²) in [6.45, 7) is 0.804. The van der Waals surface area contributed by atoms with Crippen molar-refractivity contribution in [1.82, 2.24) is 9.38 Å². The summed E-state index contributed by atoms with van der Waals surface area (Å²) in [6.07, 6.45) is 9.13. The van der Waals surface area contributed by atoms with E-state index < -0.39 is 0 Å². The van der Waals surface area contributed by atoms with Crippen molar-refractivity contribution >= 4 is 16.3 Å². The summed E-state index contributed by atoms with van der Waals surface area (Å²) in [5, 5.41) is 2.06. The van der Waals surface area contributed by atoms with E-state index in [1.165, 1.54) is 25.0 Å². The number of thiazole rings is 1. The Morgan fingerprint density at radius 1 is 1.53 bits per heavy atom. The largest absolute Gasteiger partial charge is 0.330 e. The summed E-state index contributed by atoms with van der Waals surface area (Å²) in [7, 11) is 0. The highest BCUT2D eigenvalue weighted by atomic mass is 32.1. The van der Waals surface area contributed by atoms with Crippen LogP contribution in [0.15, 0.2) is 17.8 Å². The van der Waals surface area contributed by atoms with Crippen molar-refractivity contribution in [3.63, 3.8) is 0 Å². The highest BCUT2D eigenvalue weighted by molar-refractivity contribution is 7.15. The lowest BCUT2D eigenvalue weighted by Gasteiger charge is -2.40. The zero-order valence-electron chi connectivity index (χ0n) is 8.65. The van der Waals surface area contributed by atoms with E-state index in [0.717, 1.165) is 17.9 Å². The Hall–Kier alpha value is -0.870. The molecule has 0 aliphatic heterocycles. The Morgan fingerprint density at radius 3 is 3.00 bits per heavy atom. The molecule has 0 spiro atoms. The molecule has 1 aliphatic rings. The van der Waals surface area contributed by atoms with Crippen LogP contribution in [0.5, 0.6) is 0 Å². The summed E-state index contributed by atoms with van der Waals surface area (Å²) >= 11 is 1.69. The third-order valence-corrected chi connectivity index (χ3v) is 4.32. The average molecular weight is 221 g/mol. The number of hydrogen-bond donors (Lipinski definition) is 1. The van der Waals surface area contributed by atoms with Crippen molar-refractivity contribution in [2.24, 2.45) is 11.1 Å². The van der Waals surface area contributed by atoms with E-state index in [-0.39, 0.29) is 0 Å². The molecule has 0 amide bonds. The predicted molar refractivity (Wildman–Crippen MR) is 62.1 cm³/mol. The van der Waals surface area contributed by atoms with Crippen LogP contribution in [-0.2, 0) is 6.42 Å². The number of nitrogens with zero attached hydrogens (tertiary/aromatic N) is 2. The van der Waals surface area contributed by atoms with Gasteiger partial charge >= 0.3 is 0 Å². The minimum absolute atomic E-state index is 0.365. The van der Waals surface area contributed by atoms with Gasteiger partial charge in [-0.05, 0) is 31.2 Å². The molecule has 0 aromatic carbocycles. The lowest BCUT2D eigenvalue weighted by molar-refractivity contribution is 0.143. The van der Waals surface area contributed by atoms with Crippen molar-refractivity contribution in [2.75, 3.05) is 6.54 Å². The van der Waals surface area contributed by atoms with Crippen LogP contribution in [0.25, 0.3) is 4.96 Å². The minimum Gasteiger partial charge on any atom is -0.330 e. The average Bonchev–Trinajstić information content (AvgIpc) is 2.70. The number of imidazole rings is 1. The smallest absolute Gasteiger partial charge is 0.193 e. The van der Waals surface area contributed by atoms with E-state index >= 15 is 0 Å². The molecule has 1 aliphatic carbocycles. The highest BCUT2D eigenvalue weighted by Gasteiger charge is 2.36. The molecule has 15 heavy (non-hydrogen) atoms. The molecule has 1 fully saturated rings. The first-order valence-corrected chi connectivity index (χ1v) is 6.30. The van der Waals surface area contributed by atoms with Crippen LogP contribution < -0.4 is 5.73 Å². The lowest BCUT2D eigenvalue weighted by atomic mass is 9.66. The van der Waals surface area contributed by atoms with Gasteiger partial charge in [-0.25, -0.2) is 4.98 Å². The molecule has 4 heteroatoms. The van der Waals surface area contributed by atoms with Crippen molar-refractivity contribution in [2.45, 2.75) is 25.7 Å². The summed E-state index contributed by atoms with van der Waals surface area (Å²) in [6, 6.07) is 0. The summed E-state index contributed by atoms with van der Waals surface area (Å²) in [5.74, 6) is 0. The van der Waals surface area contributed by atoms with Crippen LogP contribution in [0.1, 0.15) is 25.0 Å². The van der Waals surface area contributed by atoms with Crippen LogP contribution >= 0.6 is 11.3 Å². The van der Waals surface area contributed by atoms with Crippen LogP contribution in [0.2, 0.25) is 0 Å². The first-order chi connectivity index (χ1) is 7.31. The van der Waals surface area contributed by atoms with Crippen molar-refractivity contribution in [1.29, 1.82) is 0 Å². The van der Waals surface area contributed by atoms with Gasteiger partial charge in [-0.1, -0.05) is 6.42 Å². The van der Waals surface area contributed by atoms with Gasteiger partial charge < -0.3 is 5.73 Å². The van der Waals surface area contributed by atoms with E-state index in [4.69, 9.17) is 5.73 Å². The van der Waals surface area contributed by atoms with Crippen LogP contribution in [0.4, 0.5) is 0 Å². The quantitative estimate of drug-likeness (QED) is 0.862. The molecule has 0 radical (unpaired) electrons. The Kier molecular flexibility index (Phi) is 2.07. The predicted octanol–water partition coefficient (Wildman–Crippen LogP) is 2.07. The van der Waals surface area contributed by atoms with E-state index in [1.54, 1.807) is 11.3 Å². The van der Waals surface area contributed by atoms with Gasteiger partial charge in [0.05, 0.1) is 5.69 Å². The molecule has 1 saturated carbocycles. The van der Waals surface area contributed by atoms with Gasteiger partial charge in [0.15, 0.2) is 4.96 Å². The first-order valence-electron chi connectivity index (χ1n) is 5.43. The fourth-order valence-corrected chi connectivity index (χ4v) is 3.09. The minimum atomic E-state index is 0.365. The Morgan fingerprint density at radius 2 is 2.40 bits per heavy atom. The van der Waals surface area contributed by atoms with Gasteiger partial charge in [-0.2, -0.15) is 0 Å². The van der Waals surface area contributed by atoms with Gasteiger partial charge in [0.1, 0.15) is 0 Å². The Balaban J connectivity index is 1.85. The fraction of sp³-hybridized carbons (Fsp3) is 0.545. The molecule has 80 valence electrons.